The third-order valence-corrected chi connectivity index (χ3v) is 4.10. The van der Waals surface area contributed by atoms with Crippen LogP contribution >= 0.6 is 0 Å². The Morgan fingerprint density at radius 3 is 2.31 bits per heavy atom. The van der Waals surface area contributed by atoms with Gasteiger partial charge in [-0.1, -0.05) is 0 Å². The highest BCUT2D eigenvalue weighted by atomic mass is 19.4. The number of hydrogen-bond acceptors (Lipinski definition) is 3. The van der Waals surface area contributed by atoms with E-state index in [-0.39, 0.29) is 23.3 Å². The van der Waals surface area contributed by atoms with Crippen LogP contribution in [0.4, 0.5) is 22.0 Å². The molecule has 0 unspecified atom stereocenters. The number of carbonyl (C=O) groups excluding carboxylic acids is 2. The fraction of sp³-hybridized carbons (Fsp3) is 0.167. The highest BCUT2D eigenvalue weighted by Gasteiger charge is 2.34. The topological polar surface area (TPSA) is 47.0 Å². The van der Waals surface area contributed by atoms with Crippen LogP contribution in [0.2, 0.25) is 0 Å². The largest absolute Gasteiger partial charge is 0.417 e. The first kappa shape index (κ1) is 17.9. The summed E-state index contributed by atoms with van der Waals surface area (Å²) in [6.07, 6.45) is -4.16. The number of carbonyl (C=O) groups is 2. The zero-order chi connectivity index (χ0) is 19.2. The Hall–Kier alpha value is -2.90. The molecule has 0 amide bonds. The Morgan fingerprint density at radius 1 is 1.04 bits per heavy atom. The van der Waals surface area contributed by atoms with Crippen LogP contribution in [0.15, 0.2) is 41.6 Å². The van der Waals surface area contributed by atoms with Crippen LogP contribution in [0.5, 0.6) is 0 Å². The fourth-order valence-corrected chi connectivity index (χ4v) is 2.73. The number of hydrogen-bond donors (Lipinski definition) is 0. The van der Waals surface area contributed by atoms with Crippen LogP contribution in [0.3, 0.4) is 0 Å². The lowest BCUT2D eigenvalue weighted by Crippen LogP contribution is -2.24. The molecule has 8 heteroatoms. The molecule has 0 saturated carbocycles. The molecule has 0 saturated heterocycles. The van der Waals surface area contributed by atoms with Gasteiger partial charge in [-0.3, -0.25) is 14.6 Å². The normalized spacial score (nSPS) is 14.7. The molecule has 0 bridgehead atoms. The average molecular weight is 367 g/mol. The Kier molecular flexibility index (Phi) is 4.21. The Balaban J connectivity index is 1.99. The van der Waals surface area contributed by atoms with Crippen molar-refractivity contribution in [2.24, 2.45) is 0 Å². The van der Waals surface area contributed by atoms with Gasteiger partial charge in [-0.25, -0.2) is 8.78 Å². The van der Waals surface area contributed by atoms with Gasteiger partial charge in [-0.15, -0.1) is 0 Å². The van der Waals surface area contributed by atoms with Crippen molar-refractivity contribution in [2.75, 3.05) is 0 Å². The number of ketones is 2. The highest BCUT2D eigenvalue weighted by molar-refractivity contribution is 6.26. The number of halogens is 5. The van der Waals surface area contributed by atoms with Crippen LogP contribution in [-0.4, -0.2) is 16.6 Å². The molecule has 0 aliphatic heterocycles. The summed E-state index contributed by atoms with van der Waals surface area (Å²) in [5.74, 6) is -3.66. The number of fused-ring (bicyclic) bond motifs is 1. The summed E-state index contributed by atoms with van der Waals surface area (Å²) in [7, 11) is 0. The highest BCUT2D eigenvalue weighted by Crippen LogP contribution is 2.31. The number of allylic oxidation sites excluding steroid dienone is 2. The SMILES string of the molecule is CC1=C(Cc2ccc(C(F)(F)F)cn2)C(=O)c2cc(F)cc(F)c2C1=O. The molecular weight excluding hydrogens is 357 g/mol. The van der Waals surface area contributed by atoms with Gasteiger partial charge in [0.05, 0.1) is 11.1 Å². The van der Waals surface area contributed by atoms with E-state index in [1.54, 1.807) is 0 Å². The molecular formula is C18H10F5NO2. The number of benzene rings is 1. The van der Waals surface area contributed by atoms with Gasteiger partial charge < -0.3 is 0 Å². The fourth-order valence-electron chi connectivity index (χ4n) is 2.73. The zero-order valence-corrected chi connectivity index (χ0v) is 13.2. The van der Waals surface area contributed by atoms with Crippen LogP contribution < -0.4 is 0 Å². The first-order valence-corrected chi connectivity index (χ1v) is 7.40. The van der Waals surface area contributed by atoms with E-state index in [9.17, 15) is 31.5 Å². The number of rotatable bonds is 2. The molecule has 0 spiro atoms. The summed E-state index contributed by atoms with van der Waals surface area (Å²) in [5, 5.41) is 0. The molecule has 0 radical (unpaired) electrons. The minimum absolute atomic E-state index is 0.0466. The predicted molar refractivity (Wildman–Crippen MR) is 80.7 cm³/mol. The molecule has 0 atom stereocenters. The van der Waals surface area contributed by atoms with E-state index < -0.39 is 46.1 Å². The minimum Gasteiger partial charge on any atom is -0.289 e. The second-order valence-electron chi connectivity index (χ2n) is 5.78. The van der Waals surface area contributed by atoms with E-state index in [4.69, 9.17) is 0 Å². The van der Waals surface area contributed by atoms with E-state index >= 15 is 0 Å². The molecule has 1 aromatic heterocycles. The van der Waals surface area contributed by atoms with Gasteiger partial charge in [-0.2, -0.15) is 13.2 Å². The van der Waals surface area contributed by atoms with Crippen LogP contribution in [0.1, 0.15) is 38.9 Å². The molecule has 0 fully saturated rings. The third kappa shape index (κ3) is 3.02. The third-order valence-electron chi connectivity index (χ3n) is 4.10. The van der Waals surface area contributed by atoms with Crippen LogP contribution in [0, 0.1) is 11.6 Å². The van der Waals surface area contributed by atoms with Gasteiger partial charge in [0.25, 0.3) is 0 Å². The number of aromatic nitrogens is 1. The smallest absolute Gasteiger partial charge is 0.289 e. The lowest BCUT2D eigenvalue weighted by Gasteiger charge is -2.19. The van der Waals surface area contributed by atoms with Gasteiger partial charge >= 0.3 is 6.18 Å². The lowest BCUT2D eigenvalue weighted by atomic mass is 9.82. The van der Waals surface area contributed by atoms with Gasteiger partial charge in [-0.05, 0) is 25.1 Å². The quantitative estimate of drug-likeness (QED) is 0.743. The standard InChI is InChI=1S/C18H10F5NO2/c1-8-12(6-11-3-2-9(7-24-11)18(21,22)23)17(26)13-4-10(19)5-14(20)15(13)16(8)25/h2-5,7H,6H2,1H3. The second-order valence-corrected chi connectivity index (χ2v) is 5.78. The summed E-state index contributed by atoms with van der Waals surface area (Å²) < 4.78 is 65.0. The Labute approximate surface area is 144 Å². The molecule has 1 aromatic carbocycles. The molecule has 1 aliphatic carbocycles. The summed E-state index contributed by atoms with van der Waals surface area (Å²) in [4.78, 5) is 28.6. The summed E-state index contributed by atoms with van der Waals surface area (Å²) in [5.41, 5.74) is -1.84. The second kappa shape index (κ2) is 6.12. The van der Waals surface area contributed by atoms with E-state index in [0.29, 0.717) is 12.3 Å². The first-order valence-electron chi connectivity index (χ1n) is 7.40. The van der Waals surface area contributed by atoms with Crippen molar-refractivity contribution in [2.45, 2.75) is 19.5 Å². The summed E-state index contributed by atoms with van der Waals surface area (Å²) in [6, 6.07) is 3.17. The number of Topliss-reactive ketones (excluding diaryl/α,β-unsaturated/α-hetero) is 2. The molecule has 1 heterocycles. The molecule has 1 aliphatic rings. The molecule has 0 N–H and O–H groups in total. The number of alkyl halides is 3. The van der Waals surface area contributed by atoms with Crippen molar-refractivity contribution < 1.29 is 31.5 Å². The Morgan fingerprint density at radius 2 is 1.73 bits per heavy atom. The maximum Gasteiger partial charge on any atom is 0.417 e. The van der Waals surface area contributed by atoms with Crippen molar-refractivity contribution in [3.05, 3.63) is 75.6 Å². The van der Waals surface area contributed by atoms with Crippen molar-refractivity contribution in [1.82, 2.24) is 4.98 Å². The Bertz CT molecular complexity index is 959. The monoisotopic (exact) mass is 367 g/mol. The molecule has 2 aromatic rings. The molecule has 134 valence electrons. The van der Waals surface area contributed by atoms with Crippen molar-refractivity contribution >= 4 is 11.6 Å². The molecule has 3 nitrogen and oxygen atoms in total. The van der Waals surface area contributed by atoms with E-state index in [0.717, 1.165) is 18.2 Å². The summed E-state index contributed by atoms with van der Waals surface area (Å²) in [6.45, 7) is 1.31. The molecule has 26 heavy (non-hydrogen) atoms. The van der Waals surface area contributed by atoms with Gasteiger partial charge in [0.2, 0.25) is 0 Å². The van der Waals surface area contributed by atoms with Gasteiger partial charge in [0, 0.05) is 41.1 Å². The number of pyridine rings is 1. The average Bonchev–Trinajstić information content (AvgIpc) is 2.56. The maximum atomic E-state index is 13.9. The van der Waals surface area contributed by atoms with Gasteiger partial charge in [0.15, 0.2) is 11.6 Å². The van der Waals surface area contributed by atoms with E-state index in [1.807, 2.05) is 0 Å². The van der Waals surface area contributed by atoms with E-state index in [2.05, 4.69) is 4.98 Å². The van der Waals surface area contributed by atoms with Crippen molar-refractivity contribution in [3.8, 4) is 0 Å². The summed E-state index contributed by atoms with van der Waals surface area (Å²) >= 11 is 0. The van der Waals surface area contributed by atoms with E-state index in [1.165, 1.54) is 6.92 Å². The molecule has 3 rings (SSSR count). The lowest BCUT2D eigenvalue weighted by molar-refractivity contribution is -0.137. The maximum absolute atomic E-state index is 13.9. The minimum atomic E-state index is -4.55. The first-order chi connectivity index (χ1) is 12.1. The van der Waals surface area contributed by atoms with Crippen LogP contribution in [0.25, 0.3) is 0 Å². The van der Waals surface area contributed by atoms with Crippen molar-refractivity contribution in [3.63, 3.8) is 0 Å². The van der Waals surface area contributed by atoms with Crippen LogP contribution in [-0.2, 0) is 12.6 Å². The predicted octanol–water partition coefficient (Wildman–Crippen LogP) is 4.32. The number of nitrogens with zero attached hydrogens (tertiary/aromatic N) is 1. The van der Waals surface area contributed by atoms with Crippen molar-refractivity contribution in [1.29, 1.82) is 0 Å². The zero-order valence-electron chi connectivity index (χ0n) is 13.2. The van der Waals surface area contributed by atoms with Gasteiger partial charge in [0.1, 0.15) is 11.6 Å².